The number of rotatable bonds is 4. The van der Waals surface area contributed by atoms with Crippen LogP contribution in [0, 0.1) is 0 Å². The SMILES string of the molecule is C1=C(/C=C/c2cccs2)CCN(Cc2nc3ccccc3[nH]2)C1. The molecule has 1 aliphatic rings. The van der Waals surface area contributed by atoms with E-state index in [0.717, 1.165) is 42.9 Å². The van der Waals surface area contributed by atoms with E-state index in [1.165, 1.54) is 10.5 Å². The van der Waals surface area contributed by atoms with Gasteiger partial charge in [0.15, 0.2) is 0 Å². The molecule has 1 aromatic carbocycles. The van der Waals surface area contributed by atoms with Crippen molar-refractivity contribution >= 4 is 28.4 Å². The smallest absolute Gasteiger partial charge is 0.121 e. The van der Waals surface area contributed by atoms with E-state index in [4.69, 9.17) is 0 Å². The number of H-pyrrole nitrogens is 1. The summed E-state index contributed by atoms with van der Waals surface area (Å²) in [6.45, 7) is 2.95. The highest BCUT2D eigenvalue weighted by Gasteiger charge is 2.12. The van der Waals surface area contributed by atoms with Crippen molar-refractivity contribution in [3.63, 3.8) is 0 Å². The molecule has 0 radical (unpaired) electrons. The summed E-state index contributed by atoms with van der Waals surface area (Å²) in [4.78, 5) is 11.8. The topological polar surface area (TPSA) is 31.9 Å². The minimum Gasteiger partial charge on any atom is -0.341 e. The van der Waals surface area contributed by atoms with Crippen molar-refractivity contribution in [2.24, 2.45) is 0 Å². The summed E-state index contributed by atoms with van der Waals surface area (Å²) in [5, 5.41) is 2.12. The number of aromatic nitrogens is 2. The van der Waals surface area contributed by atoms with Crippen molar-refractivity contribution in [2.75, 3.05) is 13.1 Å². The highest BCUT2D eigenvalue weighted by Crippen LogP contribution is 2.18. The molecule has 3 heterocycles. The molecule has 3 nitrogen and oxygen atoms in total. The second-order valence-corrected chi connectivity index (χ2v) is 6.79. The number of allylic oxidation sites excluding steroid dienone is 1. The lowest BCUT2D eigenvalue weighted by Gasteiger charge is -2.24. The van der Waals surface area contributed by atoms with Crippen LogP contribution < -0.4 is 0 Å². The van der Waals surface area contributed by atoms with Gasteiger partial charge in [-0.15, -0.1) is 11.3 Å². The van der Waals surface area contributed by atoms with Crippen LogP contribution in [0.1, 0.15) is 17.1 Å². The Morgan fingerprint density at radius 2 is 2.13 bits per heavy atom. The molecule has 0 unspecified atom stereocenters. The first-order valence-electron chi connectivity index (χ1n) is 7.93. The largest absolute Gasteiger partial charge is 0.341 e. The minimum atomic E-state index is 0.882. The molecule has 0 atom stereocenters. The fourth-order valence-electron chi connectivity index (χ4n) is 2.89. The van der Waals surface area contributed by atoms with Crippen molar-refractivity contribution in [1.82, 2.24) is 14.9 Å². The van der Waals surface area contributed by atoms with Gasteiger partial charge in [0.25, 0.3) is 0 Å². The number of benzene rings is 1. The molecule has 4 rings (SSSR count). The number of nitrogens with zero attached hydrogens (tertiary/aromatic N) is 2. The highest BCUT2D eigenvalue weighted by atomic mass is 32.1. The zero-order valence-electron chi connectivity index (χ0n) is 12.9. The Hall–Kier alpha value is -2.17. The van der Waals surface area contributed by atoms with Crippen LogP contribution in [0.15, 0.2) is 59.5 Å². The van der Waals surface area contributed by atoms with Crippen molar-refractivity contribution in [3.8, 4) is 0 Å². The molecule has 0 fully saturated rings. The lowest BCUT2D eigenvalue weighted by molar-refractivity contribution is 0.281. The Kier molecular flexibility index (Phi) is 4.09. The predicted molar refractivity (Wildman–Crippen MR) is 97.4 cm³/mol. The third-order valence-electron chi connectivity index (χ3n) is 4.15. The number of thiophene rings is 1. The third-order valence-corrected chi connectivity index (χ3v) is 4.98. The lowest BCUT2D eigenvalue weighted by atomic mass is 10.1. The van der Waals surface area contributed by atoms with E-state index in [2.05, 4.69) is 62.7 Å². The Bertz CT molecular complexity index is 810. The minimum absolute atomic E-state index is 0.882. The van der Waals surface area contributed by atoms with Gasteiger partial charge < -0.3 is 4.98 Å². The number of fused-ring (bicyclic) bond motifs is 1. The Morgan fingerprint density at radius 3 is 2.91 bits per heavy atom. The van der Waals surface area contributed by atoms with Gasteiger partial charge in [-0.25, -0.2) is 4.98 Å². The van der Waals surface area contributed by atoms with Gasteiger partial charge in [-0.05, 0) is 41.6 Å². The van der Waals surface area contributed by atoms with Crippen LogP contribution in [-0.2, 0) is 6.54 Å². The molecule has 0 saturated carbocycles. The van der Waals surface area contributed by atoms with Crippen LogP contribution in [0.3, 0.4) is 0 Å². The van der Waals surface area contributed by atoms with Crippen LogP contribution in [0.5, 0.6) is 0 Å². The van der Waals surface area contributed by atoms with Crippen LogP contribution in [-0.4, -0.2) is 28.0 Å². The van der Waals surface area contributed by atoms with Crippen molar-refractivity contribution < 1.29 is 0 Å². The van der Waals surface area contributed by atoms with E-state index in [1.54, 1.807) is 11.3 Å². The Balaban J connectivity index is 1.39. The van der Waals surface area contributed by atoms with Gasteiger partial charge in [0.05, 0.1) is 17.6 Å². The molecule has 3 aromatic rings. The van der Waals surface area contributed by atoms with Crippen LogP contribution in [0.25, 0.3) is 17.1 Å². The molecule has 0 amide bonds. The number of nitrogens with one attached hydrogen (secondary N) is 1. The molecule has 0 bridgehead atoms. The van der Waals surface area contributed by atoms with Crippen molar-refractivity contribution in [1.29, 1.82) is 0 Å². The lowest BCUT2D eigenvalue weighted by Crippen LogP contribution is -2.28. The first-order chi connectivity index (χ1) is 11.4. The summed E-state index contributed by atoms with van der Waals surface area (Å²) in [5.74, 6) is 1.05. The highest BCUT2D eigenvalue weighted by molar-refractivity contribution is 7.10. The average Bonchev–Trinajstić information content (AvgIpc) is 3.23. The normalized spacial score (nSPS) is 16.3. The number of aromatic amines is 1. The van der Waals surface area contributed by atoms with E-state index in [0.29, 0.717) is 0 Å². The number of para-hydroxylation sites is 2. The Morgan fingerprint density at radius 1 is 1.17 bits per heavy atom. The van der Waals surface area contributed by atoms with Gasteiger partial charge >= 0.3 is 0 Å². The van der Waals surface area contributed by atoms with E-state index < -0.39 is 0 Å². The van der Waals surface area contributed by atoms with E-state index in [1.807, 2.05) is 12.1 Å². The van der Waals surface area contributed by atoms with Gasteiger partial charge in [0, 0.05) is 18.0 Å². The molecule has 0 aliphatic carbocycles. The van der Waals surface area contributed by atoms with Gasteiger partial charge in [0.1, 0.15) is 5.82 Å². The molecule has 4 heteroatoms. The van der Waals surface area contributed by atoms with Gasteiger partial charge in [0.2, 0.25) is 0 Å². The zero-order valence-corrected chi connectivity index (χ0v) is 13.7. The molecule has 1 N–H and O–H groups in total. The molecular weight excluding hydrogens is 302 g/mol. The predicted octanol–water partition coefficient (Wildman–Crippen LogP) is 4.47. The van der Waals surface area contributed by atoms with Crippen molar-refractivity contribution in [2.45, 2.75) is 13.0 Å². The first kappa shape index (κ1) is 14.4. The second-order valence-electron chi connectivity index (χ2n) is 5.81. The van der Waals surface area contributed by atoms with Gasteiger partial charge in [-0.1, -0.05) is 30.4 Å². The molecule has 0 spiro atoms. The van der Waals surface area contributed by atoms with Crippen LogP contribution >= 0.6 is 11.3 Å². The summed E-state index contributed by atoms with van der Waals surface area (Å²) in [7, 11) is 0. The fraction of sp³-hybridized carbons (Fsp3) is 0.211. The summed E-state index contributed by atoms with van der Waals surface area (Å²) < 4.78 is 0. The van der Waals surface area contributed by atoms with E-state index in [-0.39, 0.29) is 0 Å². The van der Waals surface area contributed by atoms with Gasteiger partial charge in [-0.2, -0.15) is 0 Å². The van der Waals surface area contributed by atoms with Crippen LogP contribution in [0.4, 0.5) is 0 Å². The van der Waals surface area contributed by atoms with Gasteiger partial charge in [-0.3, -0.25) is 4.90 Å². The fourth-order valence-corrected chi connectivity index (χ4v) is 3.51. The number of imidazole rings is 1. The molecule has 116 valence electrons. The summed E-state index contributed by atoms with van der Waals surface area (Å²) in [5.41, 5.74) is 3.60. The summed E-state index contributed by atoms with van der Waals surface area (Å²) in [6.07, 6.45) is 7.90. The maximum Gasteiger partial charge on any atom is 0.121 e. The van der Waals surface area contributed by atoms with Crippen molar-refractivity contribution in [3.05, 3.63) is 70.2 Å². The number of hydrogen-bond acceptors (Lipinski definition) is 3. The summed E-state index contributed by atoms with van der Waals surface area (Å²) >= 11 is 1.78. The quantitative estimate of drug-likeness (QED) is 0.769. The zero-order chi connectivity index (χ0) is 15.5. The van der Waals surface area contributed by atoms with E-state index in [9.17, 15) is 0 Å². The first-order valence-corrected chi connectivity index (χ1v) is 8.81. The number of hydrogen-bond donors (Lipinski definition) is 1. The molecule has 23 heavy (non-hydrogen) atoms. The molecule has 0 saturated heterocycles. The van der Waals surface area contributed by atoms with Crippen LogP contribution in [0.2, 0.25) is 0 Å². The monoisotopic (exact) mass is 321 g/mol. The average molecular weight is 321 g/mol. The van der Waals surface area contributed by atoms with E-state index >= 15 is 0 Å². The second kappa shape index (κ2) is 6.52. The molecule has 1 aliphatic heterocycles. The Labute approximate surface area is 140 Å². The standard InChI is InChI=1S/C19H19N3S/c1-2-6-18-17(5-1)20-19(21-18)14-22-11-9-15(10-12-22)7-8-16-4-3-13-23-16/h1-9,13H,10-12,14H2,(H,20,21)/b8-7+. The molecule has 2 aromatic heterocycles. The third kappa shape index (κ3) is 3.44. The molecular formula is C19H19N3S. The summed E-state index contributed by atoms with van der Waals surface area (Å²) in [6, 6.07) is 12.4. The maximum absolute atomic E-state index is 4.67. The maximum atomic E-state index is 4.67.